The molecule has 0 bridgehead atoms. The van der Waals surface area contributed by atoms with Gasteiger partial charge in [0.15, 0.2) is 0 Å². The lowest BCUT2D eigenvalue weighted by Crippen LogP contribution is -2.31. The SMILES string of the molecule is Cc1cccnc1NC(=O)c1cccc(S(=O)(=O)N(Cc2ccccc2)c2ccccc2Cl)c1. The number of nitrogens with zero attached hydrogens (tertiary/aromatic N) is 2. The summed E-state index contributed by atoms with van der Waals surface area (Å²) in [5, 5.41) is 3.04. The molecule has 1 aromatic heterocycles. The molecule has 0 saturated heterocycles. The van der Waals surface area contributed by atoms with Gasteiger partial charge in [0, 0.05) is 11.8 Å². The summed E-state index contributed by atoms with van der Waals surface area (Å²) in [5.74, 6) is -0.0336. The maximum atomic E-state index is 13.8. The highest BCUT2D eigenvalue weighted by Gasteiger charge is 2.27. The standard InChI is InChI=1S/C26H22ClN3O3S/c1-19-9-8-16-28-25(19)29-26(31)21-12-7-13-22(17-21)34(32,33)30(18-20-10-3-2-4-11-20)24-15-6-5-14-23(24)27/h2-17H,18H2,1H3,(H,28,29,31). The Labute approximate surface area is 203 Å². The number of hydrogen-bond acceptors (Lipinski definition) is 4. The summed E-state index contributed by atoms with van der Waals surface area (Å²) in [5.41, 5.74) is 2.15. The molecular weight excluding hydrogens is 470 g/mol. The maximum Gasteiger partial charge on any atom is 0.264 e. The Kier molecular flexibility index (Phi) is 6.95. The van der Waals surface area contributed by atoms with Crippen LogP contribution in [0.25, 0.3) is 0 Å². The van der Waals surface area contributed by atoms with Gasteiger partial charge < -0.3 is 5.32 Å². The Hall–Kier alpha value is -3.68. The molecule has 0 fully saturated rings. The van der Waals surface area contributed by atoms with E-state index in [2.05, 4.69) is 10.3 Å². The number of pyridine rings is 1. The molecule has 0 unspecified atom stereocenters. The number of amides is 1. The molecule has 0 aliphatic heterocycles. The minimum absolute atomic E-state index is 0.0197. The van der Waals surface area contributed by atoms with Crippen LogP contribution >= 0.6 is 11.6 Å². The number of aryl methyl sites for hydroxylation is 1. The van der Waals surface area contributed by atoms with Crippen LogP contribution in [0.1, 0.15) is 21.5 Å². The molecular formula is C26H22ClN3O3S. The van der Waals surface area contributed by atoms with Crippen molar-refractivity contribution in [1.29, 1.82) is 0 Å². The van der Waals surface area contributed by atoms with Crippen molar-refractivity contribution in [2.75, 3.05) is 9.62 Å². The molecule has 0 atom stereocenters. The van der Waals surface area contributed by atoms with Gasteiger partial charge in [-0.1, -0.05) is 66.2 Å². The van der Waals surface area contributed by atoms with Crippen LogP contribution in [0.2, 0.25) is 5.02 Å². The molecule has 1 heterocycles. The number of para-hydroxylation sites is 1. The average molecular weight is 492 g/mol. The molecule has 0 aliphatic rings. The van der Waals surface area contributed by atoms with Gasteiger partial charge in [0.25, 0.3) is 15.9 Å². The summed E-state index contributed by atoms with van der Waals surface area (Å²) in [7, 11) is -4.06. The Morgan fingerprint density at radius 1 is 0.941 bits per heavy atom. The van der Waals surface area contributed by atoms with E-state index in [4.69, 9.17) is 11.6 Å². The fraction of sp³-hybridized carbons (Fsp3) is 0.0769. The summed E-state index contributed by atoms with van der Waals surface area (Å²) in [4.78, 5) is 17.0. The van der Waals surface area contributed by atoms with Crippen molar-refractivity contribution in [3.05, 3.63) is 119 Å². The van der Waals surface area contributed by atoms with E-state index in [9.17, 15) is 13.2 Å². The van der Waals surface area contributed by atoms with Crippen molar-refractivity contribution in [2.24, 2.45) is 0 Å². The molecule has 1 N–H and O–H groups in total. The van der Waals surface area contributed by atoms with Gasteiger partial charge in [0.05, 0.1) is 22.2 Å². The van der Waals surface area contributed by atoms with Crippen LogP contribution in [0.3, 0.4) is 0 Å². The largest absolute Gasteiger partial charge is 0.306 e. The Morgan fingerprint density at radius 3 is 2.41 bits per heavy atom. The zero-order valence-electron chi connectivity index (χ0n) is 18.4. The zero-order valence-corrected chi connectivity index (χ0v) is 19.9. The van der Waals surface area contributed by atoms with Gasteiger partial charge in [-0.05, 0) is 54.4 Å². The molecule has 4 aromatic rings. The lowest BCUT2D eigenvalue weighted by atomic mass is 10.2. The maximum absolute atomic E-state index is 13.8. The van der Waals surface area contributed by atoms with Crippen LogP contribution in [-0.2, 0) is 16.6 Å². The van der Waals surface area contributed by atoms with Crippen molar-refractivity contribution in [3.8, 4) is 0 Å². The van der Waals surface area contributed by atoms with Gasteiger partial charge in [0.1, 0.15) is 5.82 Å². The van der Waals surface area contributed by atoms with E-state index in [0.717, 1.165) is 11.1 Å². The van der Waals surface area contributed by atoms with Crippen LogP contribution in [0.15, 0.2) is 102 Å². The molecule has 1 amide bonds. The monoisotopic (exact) mass is 491 g/mol. The Morgan fingerprint density at radius 2 is 1.68 bits per heavy atom. The van der Waals surface area contributed by atoms with Gasteiger partial charge in [-0.2, -0.15) is 0 Å². The first kappa shape index (κ1) is 23.5. The van der Waals surface area contributed by atoms with E-state index in [1.165, 1.54) is 16.4 Å². The topological polar surface area (TPSA) is 79.4 Å². The van der Waals surface area contributed by atoms with Crippen LogP contribution in [0.5, 0.6) is 0 Å². The van der Waals surface area contributed by atoms with Gasteiger partial charge >= 0.3 is 0 Å². The fourth-order valence-corrected chi connectivity index (χ4v) is 5.23. The molecule has 6 nitrogen and oxygen atoms in total. The predicted octanol–water partition coefficient (Wildman–Crippen LogP) is 5.69. The van der Waals surface area contributed by atoms with Crippen molar-refractivity contribution >= 4 is 39.0 Å². The number of halogens is 1. The number of hydrogen-bond donors (Lipinski definition) is 1. The number of aromatic nitrogens is 1. The van der Waals surface area contributed by atoms with Crippen molar-refractivity contribution in [3.63, 3.8) is 0 Å². The van der Waals surface area contributed by atoms with Crippen LogP contribution in [-0.4, -0.2) is 19.3 Å². The highest BCUT2D eigenvalue weighted by Crippen LogP contribution is 2.32. The smallest absolute Gasteiger partial charge is 0.264 e. The number of anilines is 2. The number of carbonyl (C=O) groups excluding carboxylic acids is 1. The van der Waals surface area contributed by atoms with E-state index in [0.29, 0.717) is 16.5 Å². The van der Waals surface area contributed by atoms with Crippen LogP contribution in [0.4, 0.5) is 11.5 Å². The molecule has 4 rings (SSSR count). The van der Waals surface area contributed by atoms with Gasteiger partial charge in [0.2, 0.25) is 0 Å². The third kappa shape index (κ3) is 5.11. The molecule has 0 aliphatic carbocycles. The molecule has 0 saturated carbocycles. The van der Waals surface area contributed by atoms with Gasteiger partial charge in [-0.3, -0.25) is 9.10 Å². The van der Waals surface area contributed by atoms with E-state index in [1.807, 2.05) is 43.3 Å². The van der Waals surface area contributed by atoms with E-state index in [1.54, 1.807) is 48.7 Å². The Bertz CT molecular complexity index is 1430. The van der Waals surface area contributed by atoms with E-state index in [-0.39, 0.29) is 17.0 Å². The quantitative estimate of drug-likeness (QED) is 0.360. The molecule has 172 valence electrons. The van der Waals surface area contributed by atoms with Gasteiger partial charge in [-0.25, -0.2) is 13.4 Å². The minimum atomic E-state index is -4.06. The first-order chi connectivity index (χ1) is 16.4. The molecule has 3 aromatic carbocycles. The molecule has 34 heavy (non-hydrogen) atoms. The highest BCUT2D eigenvalue weighted by molar-refractivity contribution is 7.92. The lowest BCUT2D eigenvalue weighted by Gasteiger charge is -2.26. The van der Waals surface area contributed by atoms with Gasteiger partial charge in [-0.15, -0.1) is 0 Å². The number of carbonyl (C=O) groups is 1. The normalized spacial score (nSPS) is 11.1. The number of benzene rings is 3. The third-order valence-corrected chi connectivity index (χ3v) is 7.29. The van der Waals surface area contributed by atoms with Crippen molar-refractivity contribution in [2.45, 2.75) is 18.4 Å². The second-order valence-corrected chi connectivity index (χ2v) is 9.87. The van der Waals surface area contributed by atoms with E-state index < -0.39 is 15.9 Å². The first-order valence-corrected chi connectivity index (χ1v) is 12.3. The number of nitrogens with one attached hydrogen (secondary N) is 1. The summed E-state index contributed by atoms with van der Waals surface area (Å²) < 4.78 is 28.9. The predicted molar refractivity (Wildman–Crippen MR) is 135 cm³/mol. The summed E-state index contributed by atoms with van der Waals surface area (Å²) >= 11 is 6.39. The first-order valence-electron chi connectivity index (χ1n) is 10.5. The average Bonchev–Trinajstić information content (AvgIpc) is 2.85. The third-order valence-electron chi connectivity index (χ3n) is 5.22. The zero-order chi connectivity index (χ0) is 24.1. The number of sulfonamides is 1. The summed E-state index contributed by atoms with van der Waals surface area (Å²) in [6.07, 6.45) is 1.58. The van der Waals surface area contributed by atoms with Crippen LogP contribution < -0.4 is 9.62 Å². The lowest BCUT2D eigenvalue weighted by molar-refractivity contribution is 0.102. The van der Waals surface area contributed by atoms with Crippen LogP contribution in [0, 0.1) is 6.92 Å². The fourth-order valence-electron chi connectivity index (χ4n) is 3.42. The summed E-state index contributed by atoms with van der Waals surface area (Å²) in [6.45, 7) is 1.91. The second-order valence-electron chi connectivity index (χ2n) is 7.60. The van der Waals surface area contributed by atoms with Crippen molar-refractivity contribution in [1.82, 2.24) is 4.98 Å². The van der Waals surface area contributed by atoms with Crippen molar-refractivity contribution < 1.29 is 13.2 Å². The molecule has 0 spiro atoms. The molecule has 8 heteroatoms. The minimum Gasteiger partial charge on any atom is -0.306 e. The Balaban J connectivity index is 1.71. The second kappa shape index (κ2) is 10.1. The highest BCUT2D eigenvalue weighted by atomic mass is 35.5. The summed E-state index contributed by atoms with van der Waals surface area (Å²) in [6, 6.07) is 25.5. The van der Waals surface area contributed by atoms with E-state index >= 15 is 0 Å². The molecule has 0 radical (unpaired) electrons. The number of rotatable bonds is 7.